The molecule has 8 heteroatoms. The molecule has 0 saturated heterocycles. The van der Waals surface area contributed by atoms with Gasteiger partial charge < -0.3 is 15.7 Å². The van der Waals surface area contributed by atoms with Crippen LogP contribution in [0.25, 0.3) is 0 Å². The largest absolute Gasteiger partial charge is 0.503 e. The van der Waals surface area contributed by atoms with Gasteiger partial charge in [0.05, 0.1) is 6.34 Å². The highest BCUT2D eigenvalue weighted by atomic mass is 79.9. The standard InChI is InChI=1S/C13H14ClN3O3.C9H15Br.2C2H6/c1-15-8-17-12(11(19)7-18)13(20)16-6-9-2-4-10(14)5-3-9;1-3-4-5-6-7-8-9(2)10;2*1-2/h2-5,7-8,19H,6H2,1H3,(H,15,17)(H,16,20);5-9H,3-4H2,1-2H3;2*1-2H3/b12-11+;6-5-,8-7-;;. The monoisotopic (exact) mass is 557 g/mol. The highest BCUT2D eigenvalue weighted by molar-refractivity contribution is 9.09. The van der Waals surface area contributed by atoms with E-state index in [0.717, 1.165) is 5.56 Å². The van der Waals surface area contributed by atoms with Gasteiger partial charge in [0.25, 0.3) is 5.91 Å². The summed E-state index contributed by atoms with van der Waals surface area (Å²) in [6, 6.07) is 6.91. The molecule has 1 atom stereocenters. The Labute approximate surface area is 219 Å². The number of hydrogen-bond donors (Lipinski definition) is 3. The molecule has 1 unspecified atom stereocenters. The normalized spacial score (nSPS) is 11.8. The van der Waals surface area contributed by atoms with Gasteiger partial charge in [0.2, 0.25) is 0 Å². The summed E-state index contributed by atoms with van der Waals surface area (Å²) < 4.78 is 0. The first kappa shape index (κ1) is 36.2. The first-order valence-corrected chi connectivity index (χ1v) is 12.7. The number of hydrogen-bond acceptors (Lipinski definition) is 4. The lowest BCUT2D eigenvalue weighted by Gasteiger charge is -2.09. The Bertz CT molecular complexity index is 759. The summed E-state index contributed by atoms with van der Waals surface area (Å²) in [6.07, 6.45) is 12.3. The van der Waals surface area contributed by atoms with Crippen LogP contribution in [-0.4, -0.2) is 35.5 Å². The lowest BCUT2D eigenvalue weighted by molar-refractivity contribution is -0.118. The number of rotatable bonds is 10. The quantitative estimate of drug-likeness (QED) is 0.0554. The highest BCUT2D eigenvalue weighted by Gasteiger charge is 2.13. The third-order valence-electron chi connectivity index (χ3n) is 3.38. The maximum atomic E-state index is 11.9. The van der Waals surface area contributed by atoms with Crippen LogP contribution in [0.5, 0.6) is 0 Å². The molecule has 0 bridgehead atoms. The van der Waals surface area contributed by atoms with E-state index in [9.17, 15) is 14.7 Å². The van der Waals surface area contributed by atoms with Crippen molar-refractivity contribution in [1.82, 2.24) is 10.6 Å². The van der Waals surface area contributed by atoms with Gasteiger partial charge in [0.15, 0.2) is 17.7 Å². The van der Waals surface area contributed by atoms with Crippen LogP contribution in [0.3, 0.4) is 0 Å². The molecule has 3 N–H and O–H groups in total. The fourth-order valence-electron chi connectivity index (χ4n) is 1.88. The molecule has 1 aromatic carbocycles. The predicted octanol–water partition coefficient (Wildman–Crippen LogP) is 6.91. The maximum Gasteiger partial charge on any atom is 0.271 e. The first-order valence-electron chi connectivity index (χ1n) is 11.4. The molecule has 0 heterocycles. The van der Waals surface area contributed by atoms with Crippen LogP contribution in [0.2, 0.25) is 5.02 Å². The van der Waals surface area contributed by atoms with Crippen molar-refractivity contribution in [2.45, 2.75) is 65.8 Å². The van der Waals surface area contributed by atoms with Crippen LogP contribution >= 0.6 is 27.5 Å². The Kier molecular flexibility index (Phi) is 28.6. The number of nitrogens with zero attached hydrogens (tertiary/aromatic N) is 1. The van der Waals surface area contributed by atoms with Crippen molar-refractivity contribution in [3.05, 3.63) is 70.6 Å². The summed E-state index contributed by atoms with van der Waals surface area (Å²) in [4.78, 5) is 26.5. The molecular weight excluding hydrogens is 518 g/mol. The number of alkyl halides is 1. The number of benzene rings is 1. The smallest absolute Gasteiger partial charge is 0.271 e. The minimum Gasteiger partial charge on any atom is -0.503 e. The second-order valence-electron chi connectivity index (χ2n) is 6.00. The average Bonchev–Trinajstić information content (AvgIpc) is 2.86. The zero-order valence-corrected chi connectivity index (χ0v) is 23.8. The molecule has 0 fully saturated rings. The van der Waals surface area contributed by atoms with E-state index in [1.165, 1.54) is 26.2 Å². The zero-order chi connectivity index (χ0) is 26.8. The predicted molar refractivity (Wildman–Crippen MR) is 151 cm³/mol. The molecule has 6 nitrogen and oxygen atoms in total. The van der Waals surface area contributed by atoms with Gasteiger partial charge in [-0.25, -0.2) is 0 Å². The Morgan fingerprint density at radius 2 is 1.76 bits per heavy atom. The summed E-state index contributed by atoms with van der Waals surface area (Å²) in [7, 11) is 1.48. The van der Waals surface area contributed by atoms with Gasteiger partial charge in [-0.1, -0.05) is 105 Å². The van der Waals surface area contributed by atoms with Crippen LogP contribution in [0.1, 0.15) is 59.9 Å². The molecule has 0 spiro atoms. The van der Waals surface area contributed by atoms with E-state index in [1.807, 2.05) is 27.7 Å². The fraction of sp³-hybridized carbons (Fsp3) is 0.423. The third kappa shape index (κ3) is 21.5. The fourth-order valence-corrected chi connectivity index (χ4v) is 2.18. The summed E-state index contributed by atoms with van der Waals surface area (Å²) >= 11 is 9.17. The van der Waals surface area contributed by atoms with Crippen molar-refractivity contribution in [1.29, 1.82) is 0 Å². The summed E-state index contributed by atoms with van der Waals surface area (Å²) in [5.41, 5.74) is 0.566. The molecule has 0 aliphatic rings. The molecule has 0 aliphatic heterocycles. The molecule has 0 aromatic heterocycles. The molecule has 0 saturated carbocycles. The van der Waals surface area contributed by atoms with Crippen molar-refractivity contribution in [2.75, 3.05) is 7.05 Å². The number of carbonyl (C=O) groups excluding carboxylic acids is 2. The average molecular weight is 559 g/mol. The zero-order valence-electron chi connectivity index (χ0n) is 21.4. The molecule has 1 rings (SSSR count). The van der Waals surface area contributed by atoms with E-state index in [0.29, 0.717) is 9.85 Å². The van der Waals surface area contributed by atoms with E-state index >= 15 is 0 Å². The molecule has 192 valence electrons. The number of halogens is 2. The van der Waals surface area contributed by atoms with E-state index in [2.05, 4.69) is 69.7 Å². The second-order valence-corrected chi connectivity index (χ2v) is 7.88. The maximum absolute atomic E-state index is 11.9. The highest BCUT2D eigenvalue weighted by Crippen LogP contribution is 2.09. The minimum atomic E-state index is -0.696. The van der Waals surface area contributed by atoms with Crippen LogP contribution in [-0.2, 0) is 16.1 Å². The van der Waals surface area contributed by atoms with Gasteiger partial charge in [-0.15, -0.1) is 0 Å². The van der Waals surface area contributed by atoms with Gasteiger partial charge in [0, 0.05) is 23.4 Å². The first-order chi connectivity index (χ1) is 16.3. The second kappa shape index (κ2) is 26.9. The van der Waals surface area contributed by atoms with E-state index in [-0.39, 0.29) is 18.5 Å². The third-order valence-corrected chi connectivity index (χ3v) is 3.94. The number of aliphatic imine (C=N–C) groups is 1. The number of nitrogens with one attached hydrogen (secondary N) is 2. The topological polar surface area (TPSA) is 90.8 Å². The van der Waals surface area contributed by atoms with Gasteiger partial charge in [-0.2, -0.15) is 0 Å². The SMILES string of the molecule is CC.CC.CCC/C=C\C=C/C(C)Br.CN=CN/C(C(=O)NCc1ccc(Cl)cc1)=C(/O)C=O. The van der Waals surface area contributed by atoms with Gasteiger partial charge in [-0.3, -0.25) is 14.6 Å². The Hall–Kier alpha value is -2.38. The van der Waals surface area contributed by atoms with Crippen molar-refractivity contribution in [3.63, 3.8) is 0 Å². The number of aliphatic hydroxyl groups is 1. The number of allylic oxidation sites excluding steroid dienone is 5. The lowest BCUT2D eigenvalue weighted by atomic mass is 10.2. The number of aliphatic hydroxyl groups excluding tert-OH is 1. The molecule has 1 aromatic rings. The summed E-state index contributed by atoms with van der Waals surface area (Å²) in [6.45, 7) is 12.5. The Morgan fingerprint density at radius 1 is 1.18 bits per heavy atom. The van der Waals surface area contributed by atoms with Crippen LogP contribution in [0.4, 0.5) is 0 Å². The van der Waals surface area contributed by atoms with Crippen LogP contribution in [0, 0.1) is 0 Å². The van der Waals surface area contributed by atoms with Gasteiger partial charge in [0.1, 0.15) is 0 Å². The molecule has 0 radical (unpaired) electrons. The minimum absolute atomic E-state index is 0.174. The number of aldehydes is 1. The van der Waals surface area contributed by atoms with E-state index in [1.54, 1.807) is 24.3 Å². The van der Waals surface area contributed by atoms with Crippen molar-refractivity contribution >= 4 is 46.1 Å². The van der Waals surface area contributed by atoms with Crippen LogP contribution < -0.4 is 10.6 Å². The van der Waals surface area contributed by atoms with Crippen molar-refractivity contribution in [2.24, 2.45) is 4.99 Å². The lowest BCUT2D eigenvalue weighted by Crippen LogP contribution is -2.32. The number of carbonyl (C=O) groups is 2. The van der Waals surface area contributed by atoms with Gasteiger partial charge >= 0.3 is 0 Å². The van der Waals surface area contributed by atoms with Gasteiger partial charge in [-0.05, 0) is 31.0 Å². The Morgan fingerprint density at radius 3 is 2.24 bits per heavy atom. The van der Waals surface area contributed by atoms with E-state index in [4.69, 9.17) is 11.6 Å². The van der Waals surface area contributed by atoms with Crippen molar-refractivity contribution < 1.29 is 14.7 Å². The number of unbranched alkanes of at least 4 members (excludes halogenated alkanes) is 1. The molecule has 34 heavy (non-hydrogen) atoms. The van der Waals surface area contributed by atoms with E-state index < -0.39 is 11.7 Å². The molecule has 0 aliphatic carbocycles. The summed E-state index contributed by atoms with van der Waals surface area (Å²) in [5, 5.41) is 15.0. The Balaban J connectivity index is -0.000000578. The van der Waals surface area contributed by atoms with Crippen LogP contribution in [0.15, 0.2) is 65.0 Å². The molecule has 1 amide bonds. The van der Waals surface area contributed by atoms with Crippen molar-refractivity contribution in [3.8, 4) is 0 Å². The number of amides is 1. The molecular formula is C26H41BrClN3O3. The summed E-state index contributed by atoms with van der Waals surface area (Å²) in [5.74, 6) is -1.32.